The molecule has 0 aliphatic carbocycles. The van der Waals surface area contributed by atoms with E-state index in [1.165, 1.54) is 17.0 Å². The maximum Gasteiger partial charge on any atom is 0.294 e. The van der Waals surface area contributed by atoms with Crippen molar-refractivity contribution >= 4 is 23.6 Å². The van der Waals surface area contributed by atoms with Gasteiger partial charge in [-0.15, -0.1) is 0 Å². The summed E-state index contributed by atoms with van der Waals surface area (Å²) < 4.78 is 31.4. The Labute approximate surface area is 195 Å². The number of carbonyl (C=O) groups is 2. The number of halogens is 1. The van der Waals surface area contributed by atoms with Crippen LogP contribution >= 0.6 is 0 Å². The standard InChI is InChI=1S/C26H21FN2O5/c27-19-8-2-1-7-17(19)13-24-26(31)29(20-9-3-4-10-21(20)34-24)15-25(30)28-14-18-16-32-22-11-5-6-12-23(22)33-18/h1-13,18H,14-16H2,(H,28,30). The van der Waals surface area contributed by atoms with Crippen LogP contribution in [0, 0.1) is 5.82 Å². The number of nitrogens with zero attached hydrogens (tertiary/aromatic N) is 1. The Morgan fingerprint density at radius 1 is 1.00 bits per heavy atom. The van der Waals surface area contributed by atoms with Gasteiger partial charge in [-0.25, -0.2) is 4.39 Å². The molecule has 0 bridgehead atoms. The molecule has 0 fully saturated rings. The number of anilines is 1. The van der Waals surface area contributed by atoms with Crippen molar-refractivity contribution in [1.29, 1.82) is 0 Å². The lowest BCUT2D eigenvalue weighted by molar-refractivity contribution is -0.123. The molecular weight excluding hydrogens is 439 g/mol. The molecule has 2 aliphatic heterocycles. The molecule has 1 atom stereocenters. The Balaban J connectivity index is 1.29. The average Bonchev–Trinajstić information content (AvgIpc) is 2.86. The molecule has 1 unspecified atom stereocenters. The molecule has 7 nitrogen and oxygen atoms in total. The van der Waals surface area contributed by atoms with E-state index in [0.717, 1.165) is 0 Å². The number of carbonyl (C=O) groups excluding carboxylic acids is 2. The van der Waals surface area contributed by atoms with Crippen molar-refractivity contribution < 1.29 is 28.2 Å². The van der Waals surface area contributed by atoms with Crippen LogP contribution in [0.15, 0.2) is 78.6 Å². The molecule has 0 saturated carbocycles. The predicted molar refractivity (Wildman–Crippen MR) is 123 cm³/mol. The van der Waals surface area contributed by atoms with Gasteiger partial charge in [-0.3, -0.25) is 14.5 Å². The first-order valence-corrected chi connectivity index (χ1v) is 10.8. The highest BCUT2D eigenvalue weighted by molar-refractivity contribution is 6.12. The highest BCUT2D eigenvalue weighted by Crippen LogP contribution is 2.35. The summed E-state index contributed by atoms with van der Waals surface area (Å²) in [5, 5.41) is 2.80. The predicted octanol–water partition coefficient (Wildman–Crippen LogP) is 3.55. The second-order valence-corrected chi connectivity index (χ2v) is 7.79. The van der Waals surface area contributed by atoms with Gasteiger partial charge in [0.15, 0.2) is 23.0 Å². The van der Waals surface area contributed by atoms with Gasteiger partial charge in [0.25, 0.3) is 5.91 Å². The lowest BCUT2D eigenvalue weighted by Gasteiger charge is -2.30. The zero-order valence-electron chi connectivity index (χ0n) is 18.1. The van der Waals surface area contributed by atoms with Crippen LogP contribution in [0.2, 0.25) is 0 Å². The van der Waals surface area contributed by atoms with Gasteiger partial charge in [0.05, 0.1) is 12.2 Å². The molecule has 3 aromatic carbocycles. The van der Waals surface area contributed by atoms with Gasteiger partial charge in [0.2, 0.25) is 5.91 Å². The van der Waals surface area contributed by atoms with E-state index in [0.29, 0.717) is 29.5 Å². The Morgan fingerprint density at radius 3 is 2.53 bits per heavy atom. The number of para-hydroxylation sites is 4. The van der Waals surface area contributed by atoms with Crippen LogP contribution in [0.25, 0.3) is 6.08 Å². The zero-order chi connectivity index (χ0) is 23.5. The molecule has 0 saturated heterocycles. The molecule has 2 amide bonds. The first kappa shape index (κ1) is 21.5. The van der Waals surface area contributed by atoms with Gasteiger partial charge < -0.3 is 19.5 Å². The van der Waals surface area contributed by atoms with Crippen molar-refractivity contribution in [2.24, 2.45) is 0 Å². The first-order chi connectivity index (χ1) is 16.6. The van der Waals surface area contributed by atoms with Crippen molar-refractivity contribution in [1.82, 2.24) is 5.32 Å². The van der Waals surface area contributed by atoms with Crippen LogP contribution in [-0.4, -0.2) is 37.6 Å². The molecule has 0 spiro atoms. The Bertz CT molecular complexity index is 1280. The lowest BCUT2D eigenvalue weighted by atomic mass is 10.1. The van der Waals surface area contributed by atoms with Gasteiger partial charge in [-0.1, -0.05) is 42.5 Å². The number of hydrogen-bond acceptors (Lipinski definition) is 5. The van der Waals surface area contributed by atoms with Crippen molar-refractivity contribution in [3.05, 3.63) is 89.9 Å². The summed E-state index contributed by atoms with van der Waals surface area (Å²) in [6.07, 6.45) is 0.978. The van der Waals surface area contributed by atoms with E-state index >= 15 is 0 Å². The molecule has 0 radical (unpaired) electrons. The fourth-order valence-electron chi connectivity index (χ4n) is 3.74. The molecule has 0 aromatic heterocycles. The number of fused-ring (bicyclic) bond motifs is 2. The monoisotopic (exact) mass is 460 g/mol. The third-order valence-corrected chi connectivity index (χ3v) is 5.42. The normalized spacial score (nSPS) is 17.7. The summed E-state index contributed by atoms with van der Waals surface area (Å²) >= 11 is 0. The summed E-state index contributed by atoms with van der Waals surface area (Å²) in [4.78, 5) is 27.2. The van der Waals surface area contributed by atoms with Crippen molar-refractivity contribution in [2.75, 3.05) is 24.6 Å². The van der Waals surface area contributed by atoms with Crippen molar-refractivity contribution in [2.45, 2.75) is 6.10 Å². The summed E-state index contributed by atoms with van der Waals surface area (Å²) in [7, 11) is 0. The summed E-state index contributed by atoms with van der Waals surface area (Å²) in [6, 6.07) is 20.3. The number of rotatable bonds is 5. The molecule has 5 rings (SSSR count). The second kappa shape index (κ2) is 9.27. The van der Waals surface area contributed by atoms with Gasteiger partial charge >= 0.3 is 0 Å². The van der Waals surface area contributed by atoms with E-state index < -0.39 is 11.7 Å². The van der Waals surface area contributed by atoms with Crippen LogP contribution in [0.3, 0.4) is 0 Å². The highest BCUT2D eigenvalue weighted by atomic mass is 19.1. The van der Waals surface area contributed by atoms with E-state index in [1.54, 1.807) is 48.5 Å². The third-order valence-electron chi connectivity index (χ3n) is 5.42. The number of ether oxygens (including phenoxy) is 3. The largest absolute Gasteiger partial charge is 0.486 e. The van der Waals surface area contributed by atoms with Gasteiger partial charge in [-0.2, -0.15) is 0 Å². The minimum absolute atomic E-state index is 0.0720. The fourth-order valence-corrected chi connectivity index (χ4v) is 3.74. The minimum Gasteiger partial charge on any atom is -0.486 e. The van der Waals surface area contributed by atoms with E-state index in [4.69, 9.17) is 14.2 Å². The number of amides is 2. The van der Waals surface area contributed by atoms with Gasteiger partial charge in [0, 0.05) is 5.56 Å². The number of benzene rings is 3. The van der Waals surface area contributed by atoms with Gasteiger partial charge in [0.1, 0.15) is 25.1 Å². The summed E-state index contributed by atoms with van der Waals surface area (Å²) in [5.74, 6) is 0.213. The topological polar surface area (TPSA) is 77.1 Å². The molecule has 3 aromatic rings. The average molecular weight is 460 g/mol. The van der Waals surface area contributed by atoms with E-state index in [9.17, 15) is 14.0 Å². The van der Waals surface area contributed by atoms with Crippen LogP contribution < -0.4 is 24.4 Å². The molecule has 2 heterocycles. The van der Waals surface area contributed by atoms with Gasteiger partial charge in [-0.05, 0) is 36.4 Å². The van der Waals surface area contributed by atoms with E-state index in [-0.39, 0.29) is 36.4 Å². The summed E-state index contributed by atoms with van der Waals surface area (Å²) in [5.41, 5.74) is 0.670. The fraction of sp³-hybridized carbons (Fsp3) is 0.154. The molecule has 172 valence electrons. The Morgan fingerprint density at radius 2 is 1.71 bits per heavy atom. The maximum absolute atomic E-state index is 14.1. The van der Waals surface area contributed by atoms with Crippen molar-refractivity contribution in [3.8, 4) is 17.2 Å². The van der Waals surface area contributed by atoms with Crippen LogP contribution in [0.1, 0.15) is 5.56 Å². The Kier molecular flexibility index (Phi) is 5.86. The first-order valence-electron chi connectivity index (χ1n) is 10.8. The zero-order valence-corrected chi connectivity index (χ0v) is 18.1. The number of hydrogen-bond donors (Lipinski definition) is 1. The highest BCUT2D eigenvalue weighted by Gasteiger charge is 2.32. The minimum atomic E-state index is -0.539. The Hall–Kier alpha value is -4.33. The maximum atomic E-state index is 14.1. The van der Waals surface area contributed by atoms with Crippen LogP contribution in [-0.2, 0) is 9.59 Å². The summed E-state index contributed by atoms with van der Waals surface area (Å²) in [6.45, 7) is 0.273. The molecule has 8 heteroatoms. The number of nitrogens with one attached hydrogen (secondary N) is 1. The molecule has 34 heavy (non-hydrogen) atoms. The van der Waals surface area contributed by atoms with Crippen LogP contribution in [0.4, 0.5) is 10.1 Å². The molecular formula is C26H21FN2O5. The third kappa shape index (κ3) is 4.43. The molecule has 2 aliphatic rings. The SMILES string of the molecule is O=C(CN1C(=O)C(=Cc2ccccc2F)Oc2ccccc21)NCC1COc2ccccc2O1. The quantitative estimate of drug-likeness (QED) is 0.590. The smallest absolute Gasteiger partial charge is 0.294 e. The van der Waals surface area contributed by atoms with Crippen molar-refractivity contribution in [3.63, 3.8) is 0 Å². The lowest BCUT2D eigenvalue weighted by Crippen LogP contribution is -2.47. The molecule has 1 N–H and O–H groups in total. The van der Waals surface area contributed by atoms with E-state index in [1.807, 2.05) is 18.2 Å². The second-order valence-electron chi connectivity index (χ2n) is 7.79. The van der Waals surface area contributed by atoms with E-state index in [2.05, 4.69) is 5.32 Å². The van der Waals surface area contributed by atoms with Crippen LogP contribution in [0.5, 0.6) is 17.2 Å².